The van der Waals surface area contributed by atoms with Crippen LogP contribution in [-0.4, -0.2) is 32.7 Å². The highest BCUT2D eigenvalue weighted by atomic mass is 32.2. The Hall–Kier alpha value is -2.67. The molecule has 0 aliphatic rings. The van der Waals surface area contributed by atoms with Crippen LogP contribution in [0.3, 0.4) is 0 Å². The molecule has 0 aliphatic heterocycles. The number of para-hydroxylation sites is 1. The Labute approximate surface area is 157 Å². The Morgan fingerprint density at radius 1 is 1.12 bits per heavy atom. The highest BCUT2D eigenvalue weighted by molar-refractivity contribution is 7.98. The summed E-state index contributed by atoms with van der Waals surface area (Å²) in [6.45, 7) is 2.80. The SMILES string of the molecule is CCCCNC(=O)c1ccccc1SCc1nnnn1-c1ccccc1. The standard InChI is InChI=1S/C19H21N5OS/c1-2-3-13-20-19(25)16-11-7-8-12-17(16)26-14-18-21-22-23-24(18)15-9-5-4-6-10-15/h4-12H,2-3,13-14H2,1H3,(H,20,25). The zero-order valence-corrected chi connectivity index (χ0v) is 15.4. The summed E-state index contributed by atoms with van der Waals surface area (Å²) >= 11 is 1.56. The van der Waals surface area contributed by atoms with Crippen LogP contribution in [0.2, 0.25) is 0 Å². The lowest BCUT2D eigenvalue weighted by atomic mass is 10.2. The van der Waals surface area contributed by atoms with Gasteiger partial charge in [-0.05, 0) is 41.1 Å². The fraction of sp³-hybridized carbons (Fsp3) is 0.263. The number of rotatable bonds is 8. The number of amides is 1. The van der Waals surface area contributed by atoms with Crippen LogP contribution in [0.4, 0.5) is 0 Å². The Morgan fingerprint density at radius 2 is 1.88 bits per heavy atom. The molecule has 6 nitrogen and oxygen atoms in total. The molecule has 0 unspecified atom stereocenters. The van der Waals surface area contributed by atoms with Gasteiger partial charge in [0.15, 0.2) is 5.82 Å². The van der Waals surface area contributed by atoms with Crippen molar-refractivity contribution in [2.24, 2.45) is 0 Å². The highest BCUT2D eigenvalue weighted by Crippen LogP contribution is 2.26. The molecule has 0 atom stereocenters. The van der Waals surface area contributed by atoms with Crippen molar-refractivity contribution in [3.8, 4) is 5.69 Å². The van der Waals surface area contributed by atoms with Gasteiger partial charge >= 0.3 is 0 Å². The monoisotopic (exact) mass is 367 g/mol. The van der Waals surface area contributed by atoms with Crippen LogP contribution in [0.15, 0.2) is 59.5 Å². The lowest BCUT2D eigenvalue weighted by Gasteiger charge is -2.10. The van der Waals surface area contributed by atoms with E-state index in [1.54, 1.807) is 16.4 Å². The number of hydrogen-bond acceptors (Lipinski definition) is 5. The van der Waals surface area contributed by atoms with E-state index in [1.807, 2.05) is 54.6 Å². The van der Waals surface area contributed by atoms with Crippen LogP contribution in [0.1, 0.15) is 35.9 Å². The van der Waals surface area contributed by atoms with Crippen LogP contribution in [0.25, 0.3) is 5.69 Å². The molecule has 2 aromatic carbocycles. The highest BCUT2D eigenvalue weighted by Gasteiger charge is 2.13. The smallest absolute Gasteiger partial charge is 0.252 e. The lowest BCUT2D eigenvalue weighted by Crippen LogP contribution is -2.24. The summed E-state index contributed by atoms with van der Waals surface area (Å²) in [6.07, 6.45) is 2.03. The van der Waals surface area contributed by atoms with Crippen LogP contribution < -0.4 is 5.32 Å². The molecule has 1 heterocycles. The Kier molecular flexibility index (Phi) is 6.38. The van der Waals surface area contributed by atoms with Gasteiger partial charge in [0.1, 0.15) is 0 Å². The first-order valence-corrected chi connectivity index (χ1v) is 9.61. The van der Waals surface area contributed by atoms with E-state index in [0.29, 0.717) is 17.9 Å². The summed E-state index contributed by atoms with van der Waals surface area (Å²) in [4.78, 5) is 13.3. The van der Waals surface area contributed by atoms with Crippen molar-refractivity contribution >= 4 is 17.7 Å². The average Bonchev–Trinajstić information content (AvgIpc) is 3.16. The van der Waals surface area contributed by atoms with Crippen molar-refractivity contribution in [2.75, 3.05) is 6.54 Å². The van der Waals surface area contributed by atoms with E-state index in [-0.39, 0.29) is 5.91 Å². The Morgan fingerprint density at radius 3 is 2.69 bits per heavy atom. The number of aromatic nitrogens is 4. The quantitative estimate of drug-likeness (QED) is 0.487. The van der Waals surface area contributed by atoms with Crippen molar-refractivity contribution in [3.05, 3.63) is 66.0 Å². The second kappa shape index (κ2) is 9.15. The number of carbonyl (C=O) groups excluding carboxylic acids is 1. The summed E-state index contributed by atoms with van der Waals surface area (Å²) < 4.78 is 1.72. The number of thioether (sulfide) groups is 1. The number of unbranched alkanes of at least 4 members (excludes halogenated alkanes) is 1. The Bertz CT molecular complexity index is 850. The van der Waals surface area contributed by atoms with Crippen molar-refractivity contribution in [2.45, 2.75) is 30.4 Å². The average molecular weight is 367 g/mol. The van der Waals surface area contributed by atoms with Crippen LogP contribution in [-0.2, 0) is 5.75 Å². The lowest BCUT2D eigenvalue weighted by molar-refractivity contribution is 0.0950. The zero-order chi connectivity index (χ0) is 18.2. The molecule has 1 N–H and O–H groups in total. The molecule has 7 heteroatoms. The van der Waals surface area contributed by atoms with Crippen LogP contribution in [0.5, 0.6) is 0 Å². The minimum absolute atomic E-state index is 0.0378. The van der Waals surface area contributed by atoms with Gasteiger partial charge in [0.05, 0.1) is 17.0 Å². The van der Waals surface area contributed by atoms with Gasteiger partial charge in [-0.2, -0.15) is 4.68 Å². The number of nitrogens with zero attached hydrogens (tertiary/aromatic N) is 4. The molecular weight excluding hydrogens is 346 g/mol. The fourth-order valence-electron chi connectivity index (χ4n) is 2.46. The van der Waals surface area contributed by atoms with Gasteiger partial charge in [0, 0.05) is 11.4 Å². The minimum atomic E-state index is -0.0378. The maximum atomic E-state index is 12.4. The first-order valence-electron chi connectivity index (χ1n) is 8.62. The summed E-state index contributed by atoms with van der Waals surface area (Å²) in [6, 6.07) is 17.4. The van der Waals surface area contributed by atoms with E-state index < -0.39 is 0 Å². The van der Waals surface area contributed by atoms with Crippen molar-refractivity contribution in [1.29, 1.82) is 0 Å². The molecule has 3 rings (SSSR count). The van der Waals surface area contributed by atoms with Gasteiger partial charge in [0.25, 0.3) is 5.91 Å². The van der Waals surface area contributed by atoms with Gasteiger partial charge in [-0.1, -0.05) is 43.7 Å². The molecule has 0 bridgehead atoms. The normalized spacial score (nSPS) is 10.7. The number of benzene rings is 2. The van der Waals surface area contributed by atoms with E-state index in [0.717, 1.165) is 29.2 Å². The summed E-state index contributed by atoms with van der Waals surface area (Å²) in [7, 11) is 0. The molecule has 1 amide bonds. The van der Waals surface area contributed by atoms with Gasteiger partial charge < -0.3 is 5.32 Å². The first kappa shape index (κ1) is 18.1. The van der Waals surface area contributed by atoms with Gasteiger partial charge in [-0.3, -0.25) is 4.79 Å². The van der Waals surface area contributed by atoms with E-state index >= 15 is 0 Å². The number of tetrazole rings is 1. The minimum Gasteiger partial charge on any atom is -0.352 e. The van der Waals surface area contributed by atoms with E-state index in [4.69, 9.17) is 0 Å². The molecule has 0 spiro atoms. The maximum Gasteiger partial charge on any atom is 0.252 e. The molecule has 0 saturated carbocycles. The molecular formula is C19H21N5OS. The largest absolute Gasteiger partial charge is 0.352 e. The summed E-state index contributed by atoms with van der Waals surface area (Å²) in [5.41, 5.74) is 1.60. The predicted molar refractivity (Wildman–Crippen MR) is 102 cm³/mol. The van der Waals surface area contributed by atoms with E-state index in [1.165, 1.54) is 0 Å². The number of nitrogens with one attached hydrogen (secondary N) is 1. The van der Waals surface area contributed by atoms with Crippen molar-refractivity contribution in [3.63, 3.8) is 0 Å². The van der Waals surface area contributed by atoms with Gasteiger partial charge in [-0.25, -0.2) is 0 Å². The van der Waals surface area contributed by atoms with Crippen molar-refractivity contribution < 1.29 is 4.79 Å². The molecule has 0 fully saturated rings. The second-order valence-electron chi connectivity index (χ2n) is 5.74. The Balaban J connectivity index is 1.72. The predicted octanol–water partition coefficient (Wildman–Crippen LogP) is 3.48. The molecule has 0 aliphatic carbocycles. The topological polar surface area (TPSA) is 72.7 Å². The third-order valence-electron chi connectivity index (χ3n) is 3.84. The third kappa shape index (κ3) is 4.49. The van der Waals surface area contributed by atoms with Crippen LogP contribution >= 0.6 is 11.8 Å². The molecule has 3 aromatic rings. The molecule has 0 saturated heterocycles. The van der Waals surface area contributed by atoms with Gasteiger partial charge in [-0.15, -0.1) is 16.9 Å². The number of hydrogen-bond donors (Lipinski definition) is 1. The van der Waals surface area contributed by atoms with Crippen molar-refractivity contribution in [1.82, 2.24) is 25.5 Å². The molecule has 134 valence electrons. The number of carbonyl (C=O) groups is 1. The second-order valence-corrected chi connectivity index (χ2v) is 6.75. The summed E-state index contributed by atoms with van der Waals surface area (Å²) in [5.74, 6) is 1.27. The third-order valence-corrected chi connectivity index (χ3v) is 4.91. The molecule has 1 aromatic heterocycles. The van der Waals surface area contributed by atoms with E-state index in [9.17, 15) is 4.79 Å². The summed E-state index contributed by atoms with van der Waals surface area (Å²) in [5, 5.41) is 15.0. The van der Waals surface area contributed by atoms with Gasteiger partial charge in [0.2, 0.25) is 0 Å². The van der Waals surface area contributed by atoms with Crippen LogP contribution in [0, 0.1) is 0 Å². The zero-order valence-electron chi connectivity index (χ0n) is 14.6. The fourth-order valence-corrected chi connectivity index (χ4v) is 3.42. The molecule has 0 radical (unpaired) electrons. The van der Waals surface area contributed by atoms with E-state index in [2.05, 4.69) is 27.8 Å². The maximum absolute atomic E-state index is 12.4. The molecule has 26 heavy (non-hydrogen) atoms. The first-order chi connectivity index (χ1) is 12.8.